The van der Waals surface area contributed by atoms with E-state index in [-0.39, 0.29) is 6.61 Å². The molecule has 1 aliphatic carbocycles. The zero-order valence-corrected chi connectivity index (χ0v) is 13.4. The van der Waals surface area contributed by atoms with Gasteiger partial charge in [0.25, 0.3) is 0 Å². The number of ether oxygens (including phenoxy) is 1. The fraction of sp³-hybridized carbons (Fsp3) is 0.529. The molecule has 1 heterocycles. The lowest BCUT2D eigenvalue weighted by atomic mass is 9.87. The summed E-state index contributed by atoms with van der Waals surface area (Å²) >= 11 is 0. The van der Waals surface area contributed by atoms with Gasteiger partial charge in [-0.15, -0.1) is 0 Å². The van der Waals surface area contributed by atoms with Crippen LogP contribution in [0.3, 0.4) is 0 Å². The van der Waals surface area contributed by atoms with Crippen LogP contribution in [0.2, 0.25) is 0 Å². The van der Waals surface area contributed by atoms with E-state index in [1.807, 2.05) is 10.9 Å². The van der Waals surface area contributed by atoms with Crippen molar-refractivity contribution in [2.24, 2.45) is 5.92 Å². The molecule has 6 heteroatoms. The van der Waals surface area contributed by atoms with Gasteiger partial charge in [-0.05, 0) is 50.7 Å². The van der Waals surface area contributed by atoms with Crippen molar-refractivity contribution in [3.63, 3.8) is 0 Å². The second kappa shape index (κ2) is 6.58. The minimum Gasteiger partial charge on any atom is -0.462 e. The number of carbonyl (C=O) groups excluding carboxylic acids is 1. The highest BCUT2D eigenvalue weighted by molar-refractivity contribution is 6.00. The van der Waals surface area contributed by atoms with Gasteiger partial charge in [-0.1, -0.05) is 0 Å². The lowest BCUT2D eigenvalue weighted by Gasteiger charge is -2.27. The Kier molecular flexibility index (Phi) is 4.52. The van der Waals surface area contributed by atoms with Crippen molar-refractivity contribution >= 4 is 22.6 Å². The zero-order valence-electron chi connectivity index (χ0n) is 13.4. The van der Waals surface area contributed by atoms with Crippen molar-refractivity contribution in [2.75, 3.05) is 18.9 Å². The van der Waals surface area contributed by atoms with Crippen molar-refractivity contribution in [1.29, 1.82) is 0 Å². The van der Waals surface area contributed by atoms with E-state index in [9.17, 15) is 9.90 Å². The van der Waals surface area contributed by atoms with Crippen LogP contribution in [0.5, 0.6) is 0 Å². The first-order valence-electron chi connectivity index (χ1n) is 8.18. The first-order chi connectivity index (χ1) is 11.1. The summed E-state index contributed by atoms with van der Waals surface area (Å²) in [6.45, 7) is 2.36. The Morgan fingerprint density at radius 2 is 2.13 bits per heavy atom. The number of carbonyl (C=O) groups is 1. The molecule has 0 radical (unpaired) electrons. The number of nitrogens with two attached hydrogens (primary N) is 1. The molecule has 0 unspecified atom stereocenters. The third kappa shape index (κ3) is 3.17. The van der Waals surface area contributed by atoms with Crippen LogP contribution in [0.25, 0.3) is 10.9 Å². The van der Waals surface area contributed by atoms with Crippen molar-refractivity contribution in [2.45, 2.75) is 38.6 Å². The van der Waals surface area contributed by atoms with Crippen LogP contribution in [-0.4, -0.2) is 34.1 Å². The number of anilines is 1. The van der Waals surface area contributed by atoms with Crippen molar-refractivity contribution in [3.8, 4) is 0 Å². The van der Waals surface area contributed by atoms with Gasteiger partial charge in [0.2, 0.25) is 0 Å². The molecule has 1 aromatic carbocycles. The van der Waals surface area contributed by atoms with E-state index in [0.717, 1.165) is 36.6 Å². The van der Waals surface area contributed by atoms with Gasteiger partial charge in [-0.3, -0.25) is 4.68 Å². The van der Waals surface area contributed by atoms with Gasteiger partial charge in [0, 0.05) is 23.9 Å². The number of rotatable bonds is 4. The summed E-state index contributed by atoms with van der Waals surface area (Å²) in [5, 5.41) is 14.8. The van der Waals surface area contributed by atoms with Crippen molar-refractivity contribution < 1.29 is 14.6 Å². The Balaban J connectivity index is 1.86. The molecule has 23 heavy (non-hydrogen) atoms. The first-order valence-corrected chi connectivity index (χ1v) is 8.18. The van der Waals surface area contributed by atoms with Crippen LogP contribution in [0.1, 0.15) is 49.0 Å². The number of aromatic nitrogens is 2. The maximum Gasteiger partial charge on any atom is 0.340 e. The average molecular weight is 317 g/mol. The molecule has 0 amide bonds. The van der Waals surface area contributed by atoms with Gasteiger partial charge in [0.15, 0.2) is 0 Å². The Bertz CT molecular complexity index is 702. The SMILES string of the molecule is CCOC(=O)c1cc2nn(C3CCC(CO)CC3)cc2cc1N. The number of hydrogen-bond acceptors (Lipinski definition) is 5. The third-order valence-electron chi connectivity index (χ3n) is 4.64. The normalized spacial score (nSPS) is 21.5. The maximum atomic E-state index is 11.9. The molecule has 3 N–H and O–H groups in total. The maximum absolute atomic E-state index is 11.9. The molecular weight excluding hydrogens is 294 g/mol. The van der Waals surface area contributed by atoms with Crippen LogP contribution < -0.4 is 5.73 Å². The van der Waals surface area contributed by atoms with Crippen molar-refractivity contribution in [3.05, 3.63) is 23.9 Å². The van der Waals surface area contributed by atoms with E-state index in [4.69, 9.17) is 10.5 Å². The molecule has 1 fully saturated rings. The highest BCUT2D eigenvalue weighted by Crippen LogP contribution is 2.33. The van der Waals surface area contributed by atoms with Gasteiger partial charge in [0.1, 0.15) is 0 Å². The molecule has 1 aromatic heterocycles. The molecule has 0 atom stereocenters. The molecular formula is C17H23N3O3. The van der Waals surface area contributed by atoms with Gasteiger partial charge in [-0.2, -0.15) is 5.10 Å². The molecule has 0 spiro atoms. The Hall–Kier alpha value is -2.08. The average Bonchev–Trinajstić information content (AvgIpc) is 2.97. The molecule has 1 aliphatic rings. The number of aliphatic hydroxyl groups is 1. The second-order valence-electron chi connectivity index (χ2n) is 6.18. The number of aliphatic hydroxyl groups excluding tert-OH is 1. The minimum atomic E-state index is -0.412. The monoisotopic (exact) mass is 317 g/mol. The number of hydrogen-bond donors (Lipinski definition) is 2. The van der Waals surface area contributed by atoms with E-state index < -0.39 is 5.97 Å². The number of fused-ring (bicyclic) bond motifs is 1. The summed E-state index contributed by atoms with van der Waals surface area (Å²) < 4.78 is 7.01. The summed E-state index contributed by atoms with van der Waals surface area (Å²) in [7, 11) is 0. The summed E-state index contributed by atoms with van der Waals surface area (Å²) in [6, 6.07) is 3.83. The summed E-state index contributed by atoms with van der Waals surface area (Å²) in [5.41, 5.74) is 7.52. The van der Waals surface area contributed by atoms with Crippen LogP contribution in [-0.2, 0) is 4.74 Å². The van der Waals surface area contributed by atoms with E-state index in [2.05, 4.69) is 5.10 Å². The highest BCUT2D eigenvalue weighted by Gasteiger charge is 2.23. The standard InChI is InChI=1S/C17H23N3O3/c1-2-23-17(22)14-8-16-12(7-15(14)18)9-20(19-16)13-5-3-11(10-21)4-6-13/h7-9,11,13,21H,2-6,10,18H2,1H3. The van der Waals surface area contributed by atoms with E-state index >= 15 is 0 Å². The largest absolute Gasteiger partial charge is 0.462 e. The van der Waals surface area contributed by atoms with Gasteiger partial charge in [-0.25, -0.2) is 4.79 Å². The first kappa shape index (κ1) is 15.8. The Morgan fingerprint density at radius 3 is 2.78 bits per heavy atom. The Labute approximate surface area is 135 Å². The fourth-order valence-electron chi connectivity index (χ4n) is 3.27. The number of nitrogens with zero attached hydrogens (tertiary/aromatic N) is 2. The molecule has 1 saturated carbocycles. The van der Waals surface area contributed by atoms with Crippen LogP contribution in [0, 0.1) is 5.92 Å². The van der Waals surface area contributed by atoms with Gasteiger partial charge < -0.3 is 15.6 Å². The quantitative estimate of drug-likeness (QED) is 0.668. The number of esters is 1. The molecule has 6 nitrogen and oxygen atoms in total. The topological polar surface area (TPSA) is 90.4 Å². The third-order valence-corrected chi connectivity index (χ3v) is 4.64. The number of benzene rings is 1. The van der Waals surface area contributed by atoms with E-state index in [0.29, 0.717) is 29.8 Å². The zero-order chi connectivity index (χ0) is 16.4. The molecule has 0 bridgehead atoms. The molecule has 0 aliphatic heterocycles. The molecule has 124 valence electrons. The van der Waals surface area contributed by atoms with E-state index in [1.165, 1.54) is 0 Å². The molecule has 0 saturated heterocycles. The van der Waals surface area contributed by atoms with E-state index in [1.54, 1.807) is 19.1 Å². The van der Waals surface area contributed by atoms with Gasteiger partial charge >= 0.3 is 5.97 Å². The number of nitrogen functional groups attached to an aromatic ring is 1. The Morgan fingerprint density at radius 1 is 1.39 bits per heavy atom. The summed E-state index contributed by atoms with van der Waals surface area (Å²) in [4.78, 5) is 11.9. The summed E-state index contributed by atoms with van der Waals surface area (Å²) in [5.74, 6) is 0.00666. The second-order valence-corrected chi connectivity index (χ2v) is 6.18. The predicted molar refractivity (Wildman–Crippen MR) is 88.2 cm³/mol. The molecule has 2 aromatic rings. The van der Waals surface area contributed by atoms with Crippen LogP contribution in [0.4, 0.5) is 5.69 Å². The van der Waals surface area contributed by atoms with Crippen LogP contribution >= 0.6 is 0 Å². The summed E-state index contributed by atoms with van der Waals surface area (Å²) in [6.07, 6.45) is 6.06. The lowest BCUT2D eigenvalue weighted by molar-refractivity contribution is 0.0528. The predicted octanol–water partition coefficient (Wildman–Crippen LogP) is 2.52. The highest BCUT2D eigenvalue weighted by atomic mass is 16.5. The minimum absolute atomic E-state index is 0.271. The van der Waals surface area contributed by atoms with Crippen molar-refractivity contribution in [1.82, 2.24) is 9.78 Å². The van der Waals surface area contributed by atoms with Crippen LogP contribution in [0.15, 0.2) is 18.3 Å². The molecule has 3 rings (SSSR count). The lowest BCUT2D eigenvalue weighted by Crippen LogP contribution is -2.20. The van der Waals surface area contributed by atoms with Gasteiger partial charge in [0.05, 0.1) is 23.7 Å². The smallest absolute Gasteiger partial charge is 0.340 e. The fourth-order valence-corrected chi connectivity index (χ4v) is 3.27.